The minimum absolute atomic E-state index is 0.0318. The molecule has 36 heavy (non-hydrogen) atoms. The molecule has 1 aromatic carbocycles. The number of carbonyl (C=O) groups is 2. The molecule has 0 radical (unpaired) electrons. The summed E-state index contributed by atoms with van der Waals surface area (Å²) in [5.74, 6) is -0.131. The van der Waals surface area contributed by atoms with Gasteiger partial charge < -0.3 is 25.1 Å². The van der Waals surface area contributed by atoms with E-state index in [9.17, 15) is 14.7 Å². The lowest BCUT2D eigenvalue weighted by molar-refractivity contribution is -0.121. The van der Waals surface area contributed by atoms with Crippen LogP contribution in [0.15, 0.2) is 35.5 Å². The summed E-state index contributed by atoms with van der Waals surface area (Å²) in [6, 6.07) is 7.98. The Balaban J connectivity index is 1.27. The fourth-order valence-corrected chi connectivity index (χ4v) is 6.48. The van der Waals surface area contributed by atoms with Crippen LogP contribution in [0, 0.1) is 6.92 Å². The number of aliphatic imine (C=N–C) groups is 1. The minimum atomic E-state index is -0.0992. The van der Waals surface area contributed by atoms with Gasteiger partial charge in [0.2, 0.25) is 5.91 Å². The van der Waals surface area contributed by atoms with Crippen LogP contribution >= 0.6 is 22.9 Å². The maximum absolute atomic E-state index is 13.5. The number of amides is 2. The smallest absolute Gasteiger partial charge is 0.264 e. The van der Waals surface area contributed by atoms with Gasteiger partial charge in [0.15, 0.2) is 0 Å². The van der Waals surface area contributed by atoms with E-state index >= 15 is 0 Å². The maximum atomic E-state index is 13.5. The Labute approximate surface area is 219 Å². The quantitative estimate of drug-likeness (QED) is 0.556. The lowest BCUT2D eigenvalue weighted by atomic mass is 10.1. The van der Waals surface area contributed by atoms with Gasteiger partial charge in [-0.3, -0.25) is 9.59 Å². The molecule has 2 N–H and O–H groups in total. The van der Waals surface area contributed by atoms with Crippen molar-refractivity contribution in [3.8, 4) is 0 Å². The average molecular weight is 528 g/mol. The highest BCUT2D eigenvalue weighted by Gasteiger charge is 2.31. The second-order valence-electron chi connectivity index (χ2n) is 9.43. The molecule has 8 nitrogen and oxygen atoms in total. The molecule has 2 amide bonds. The normalized spacial score (nSPS) is 19.2. The molecule has 2 fully saturated rings. The fraction of sp³-hybridized carbons (Fsp3) is 0.423. The minimum Gasteiger partial charge on any atom is -0.513 e. The Morgan fingerprint density at radius 2 is 1.97 bits per heavy atom. The van der Waals surface area contributed by atoms with Crippen LogP contribution in [0.25, 0.3) is 5.70 Å². The molecule has 1 aromatic heterocycles. The molecule has 0 atom stereocenters. The SMILES string of the molecule is Cc1c(C(=O)N2CCN(c3cccc(Cl)c3)CC2)sc2c1/C(=C\O)N(CC(=O)NC1CCCC1)C=N2. The highest BCUT2D eigenvalue weighted by molar-refractivity contribution is 7.18. The van der Waals surface area contributed by atoms with Crippen molar-refractivity contribution in [2.75, 3.05) is 37.6 Å². The summed E-state index contributed by atoms with van der Waals surface area (Å²) in [7, 11) is 0. The number of aliphatic hydroxyl groups excluding tert-OH is 1. The Morgan fingerprint density at radius 1 is 1.22 bits per heavy atom. The number of piperazine rings is 1. The summed E-state index contributed by atoms with van der Waals surface area (Å²) in [5.41, 5.74) is 3.02. The second kappa shape index (κ2) is 10.5. The lowest BCUT2D eigenvalue weighted by Gasteiger charge is -2.36. The predicted octanol–water partition coefficient (Wildman–Crippen LogP) is 4.56. The number of fused-ring (bicyclic) bond motifs is 1. The number of nitrogens with one attached hydrogen (secondary N) is 1. The molecule has 5 rings (SSSR count). The summed E-state index contributed by atoms with van der Waals surface area (Å²) in [4.78, 5) is 36.9. The first kappa shape index (κ1) is 24.6. The van der Waals surface area contributed by atoms with Crippen LogP contribution in [0.5, 0.6) is 0 Å². The van der Waals surface area contributed by atoms with E-state index in [-0.39, 0.29) is 24.4 Å². The molecule has 0 unspecified atom stereocenters. The van der Waals surface area contributed by atoms with Gasteiger partial charge in [0.25, 0.3) is 5.91 Å². The first-order valence-corrected chi connectivity index (χ1v) is 13.5. The van der Waals surface area contributed by atoms with Gasteiger partial charge in [0, 0.05) is 48.5 Å². The number of benzene rings is 1. The highest BCUT2D eigenvalue weighted by atomic mass is 35.5. The number of thiophene rings is 1. The number of rotatable bonds is 5. The van der Waals surface area contributed by atoms with Crippen molar-refractivity contribution in [1.82, 2.24) is 15.1 Å². The maximum Gasteiger partial charge on any atom is 0.264 e. The van der Waals surface area contributed by atoms with E-state index in [1.807, 2.05) is 36.1 Å². The third-order valence-corrected chi connectivity index (χ3v) is 8.52. The molecule has 1 aliphatic carbocycles. The largest absolute Gasteiger partial charge is 0.513 e. The number of nitrogens with zero attached hydrogens (tertiary/aromatic N) is 4. The molecule has 0 spiro atoms. The molecular weight excluding hydrogens is 498 g/mol. The standard InChI is InChI=1S/C26H30ClN5O3S/c1-17-23-21(15-33)32(14-22(34)29-19-6-2-3-7-19)16-28-25(23)36-24(17)26(35)31-11-9-30(10-12-31)20-8-4-5-18(27)13-20/h4-5,8,13,15-16,19,33H,2-3,6-7,9-12,14H2,1H3,(H,29,34)/b21-15+. The number of hydrogen-bond donors (Lipinski definition) is 2. The number of carbonyl (C=O) groups excluding carboxylic acids is 2. The molecule has 10 heteroatoms. The molecule has 0 bridgehead atoms. The van der Waals surface area contributed by atoms with Gasteiger partial charge in [-0.2, -0.15) is 0 Å². The van der Waals surface area contributed by atoms with Crippen molar-refractivity contribution in [3.63, 3.8) is 0 Å². The van der Waals surface area contributed by atoms with Gasteiger partial charge in [-0.1, -0.05) is 30.5 Å². The zero-order valence-corrected chi connectivity index (χ0v) is 21.8. The van der Waals surface area contributed by atoms with Gasteiger partial charge in [-0.15, -0.1) is 11.3 Å². The van der Waals surface area contributed by atoms with Gasteiger partial charge in [-0.25, -0.2) is 4.99 Å². The molecule has 2 aliphatic heterocycles. The molecular formula is C26H30ClN5O3S. The zero-order valence-electron chi connectivity index (χ0n) is 20.2. The van der Waals surface area contributed by atoms with E-state index < -0.39 is 0 Å². The van der Waals surface area contributed by atoms with Gasteiger partial charge in [0.05, 0.1) is 16.9 Å². The van der Waals surface area contributed by atoms with E-state index in [4.69, 9.17) is 11.6 Å². The molecule has 190 valence electrons. The van der Waals surface area contributed by atoms with Crippen LogP contribution < -0.4 is 10.2 Å². The van der Waals surface area contributed by atoms with Crippen LogP contribution in [0.4, 0.5) is 10.7 Å². The van der Waals surface area contributed by atoms with E-state index in [0.717, 1.165) is 56.3 Å². The monoisotopic (exact) mass is 527 g/mol. The third kappa shape index (κ3) is 4.95. The molecule has 3 heterocycles. The van der Waals surface area contributed by atoms with E-state index in [2.05, 4.69) is 15.2 Å². The van der Waals surface area contributed by atoms with E-state index in [1.54, 1.807) is 11.2 Å². The van der Waals surface area contributed by atoms with Crippen molar-refractivity contribution >= 4 is 57.5 Å². The topological polar surface area (TPSA) is 88.5 Å². The molecule has 3 aliphatic rings. The van der Waals surface area contributed by atoms with Crippen molar-refractivity contribution < 1.29 is 14.7 Å². The molecule has 2 aromatic rings. The Morgan fingerprint density at radius 3 is 2.67 bits per heavy atom. The Hall–Kier alpha value is -3.04. The van der Waals surface area contributed by atoms with Gasteiger partial charge >= 0.3 is 0 Å². The van der Waals surface area contributed by atoms with Crippen LogP contribution in [0.3, 0.4) is 0 Å². The molecule has 1 saturated heterocycles. The van der Waals surface area contributed by atoms with E-state index in [0.29, 0.717) is 39.3 Å². The number of anilines is 1. The van der Waals surface area contributed by atoms with Crippen LogP contribution in [0.1, 0.15) is 46.5 Å². The first-order valence-electron chi connectivity index (χ1n) is 12.3. The van der Waals surface area contributed by atoms with Crippen molar-refractivity contribution in [2.24, 2.45) is 4.99 Å². The number of halogens is 1. The van der Waals surface area contributed by atoms with E-state index in [1.165, 1.54) is 11.3 Å². The van der Waals surface area contributed by atoms with Crippen LogP contribution in [0.2, 0.25) is 5.02 Å². The highest BCUT2D eigenvalue weighted by Crippen LogP contribution is 2.43. The number of aliphatic hydroxyl groups is 1. The Kier molecular flexibility index (Phi) is 7.20. The predicted molar refractivity (Wildman–Crippen MR) is 144 cm³/mol. The van der Waals surface area contributed by atoms with Crippen molar-refractivity contribution in [3.05, 3.63) is 51.6 Å². The first-order chi connectivity index (χ1) is 17.4. The van der Waals surface area contributed by atoms with Gasteiger partial charge in [0.1, 0.15) is 17.8 Å². The second-order valence-corrected chi connectivity index (χ2v) is 10.9. The van der Waals surface area contributed by atoms with Crippen LogP contribution in [-0.2, 0) is 4.79 Å². The third-order valence-electron chi connectivity index (χ3n) is 7.10. The lowest BCUT2D eigenvalue weighted by Crippen LogP contribution is -2.48. The van der Waals surface area contributed by atoms with Crippen molar-refractivity contribution in [1.29, 1.82) is 0 Å². The fourth-order valence-electron chi connectivity index (χ4n) is 5.17. The van der Waals surface area contributed by atoms with Gasteiger partial charge in [-0.05, 0) is 43.5 Å². The van der Waals surface area contributed by atoms with Crippen molar-refractivity contribution in [2.45, 2.75) is 38.6 Å². The summed E-state index contributed by atoms with van der Waals surface area (Å²) in [6.07, 6.45) is 6.87. The summed E-state index contributed by atoms with van der Waals surface area (Å²) in [6.45, 7) is 4.60. The zero-order chi connectivity index (χ0) is 25.2. The summed E-state index contributed by atoms with van der Waals surface area (Å²) >= 11 is 7.47. The van der Waals surface area contributed by atoms with Crippen LogP contribution in [-0.4, -0.2) is 71.8 Å². The average Bonchev–Trinajstić information content (AvgIpc) is 3.51. The number of hydrogen-bond acceptors (Lipinski definition) is 7. The summed E-state index contributed by atoms with van der Waals surface area (Å²) in [5, 5.41) is 14.5. The molecule has 1 saturated carbocycles. The Bertz CT molecular complexity index is 1210. The summed E-state index contributed by atoms with van der Waals surface area (Å²) < 4.78 is 0.